The van der Waals surface area contributed by atoms with Gasteiger partial charge in [0, 0.05) is 5.92 Å². The van der Waals surface area contributed by atoms with E-state index in [1.807, 2.05) is 0 Å². The molecule has 0 aromatic heterocycles. The number of amides is 1. The van der Waals surface area contributed by atoms with Crippen LogP contribution in [-0.2, 0) is 9.59 Å². The Bertz CT molecular complexity index is 200. The third kappa shape index (κ3) is 2.20. The van der Waals surface area contributed by atoms with Crippen LogP contribution >= 0.6 is 0 Å². The Hall–Kier alpha value is -1.10. The minimum Gasteiger partial charge on any atom is -0.480 e. The van der Waals surface area contributed by atoms with Gasteiger partial charge in [0.2, 0.25) is 5.91 Å². The maximum Gasteiger partial charge on any atom is 0.328 e. The van der Waals surface area contributed by atoms with Crippen molar-refractivity contribution in [3.05, 3.63) is 0 Å². The quantitative estimate of drug-likeness (QED) is 0.506. The zero-order valence-corrected chi connectivity index (χ0v) is 6.49. The standard InChI is InChI=1S/C7H11NO4/c9-3-5(7(11)12)8-6(10)4-1-2-4/h4-5,9H,1-3H2,(H,8,10)(H,11,12). The summed E-state index contributed by atoms with van der Waals surface area (Å²) < 4.78 is 0. The molecule has 1 unspecified atom stereocenters. The van der Waals surface area contributed by atoms with E-state index in [1.165, 1.54) is 0 Å². The molecule has 1 aliphatic rings. The highest BCUT2D eigenvalue weighted by Crippen LogP contribution is 2.28. The Morgan fingerprint density at radius 2 is 2.08 bits per heavy atom. The maximum absolute atomic E-state index is 11.0. The van der Waals surface area contributed by atoms with Gasteiger partial charge in [-0.2, -0.15) is 0 Å². The van der Waals surface area contributed by atoms with Crippen LogP contribution in [0.3, 0.4) is 0 Å². The highest BCUT2D eigenvalue weighted by atomic mass is 16.4. The first-order valence-corrected chi connectivity index (χ1v) is 3.79. The normalized spacial score (nSPS) is 18.4. The summed E-state index contributed by atoms with van der Waals surface area (Å²) in [5, 5.41) is 19.2. The molecule has 0 aromatic carbocycles. The minimum atomic E-state index is -1.20. The van der Waals surface area contributed by atoms with Gasteiger partial charge in [0.1, 0.15) is 6.04 Å². The van der Waals surface area contributed by atoms with Crippen LogP contribution in [0.25, 0.3) is 0 Å². The van der Waals surface area contributed by atoms with Crippen molar-refractivity contribution in [3.63, 3.8) is 0 Å². The van der Waals surface area contributed by atoms with E-state index in [0.717, 1.165) is 12.8 Å². The molecule has 1 atom stereocenters. The predicted octanol–water partition coefficient (Wildman–Crippen LogP) is -1.04. The maximum atomic E-state index is 11.0. The van der Waals surface area contributed by atoms with Crippen LogP contribution in [0.2, 0.25) is 0 Å². The first-order valence-electron chi connectivity index (χ1n) is 3.79. The minimum absolute atomic E-state index is 0.0293. The number of nitrogens with one attached hydrogen (secondary N) is 1. The molecule has 68 valence electrons. The van der Waals surface area contributed by atoms with Gasteiger partial charge in [-0.25, -0.2) is 4.79 Å². The highest BCUT2D eigenvalue weighted by molar-refractivity contribution is 5.86. The lowest BCUT2D eigenvalue weighted by Gasteiger charge is -2.10. The van der Waals surface area contributed by atoms with E-state index >= 15 is 0 Å². The number of rotatable bonds is 4. The summed E-state index contributed by atoms with van der Waals surface area (Å²) in [6.45, 7) is -0.562. The largest absolute Gasteiger partial charge is 0.480 e. The Balaban J connectivity index is 2.35. The van der Waals surface area contributed by atoms with Crippen molar-refractivity contribution in [1.29, 1.82) is 0 Å². The summed E-state index contributed by atoms with van der Waals surface area (Å²) in [4.78, 5) is 21.3. The number of carbonyl (C=O) groups is 2. The Morgan fingerprint density at radius 1 is 1.50 bits per heavy atom. The molecule has 0 radical (unpaired) electrons. The number of carboxylic acids is 1. The molecule has 1 rings (SSSR count). The molecule has 0 aromatic rings. The van der Waals surface area contributed by atoms with Crippen LogP contribution < -0.4 is 5.32 Å². The predicted molar refractivity (Wildman–Crippen MR) is 39.4 cm³/mol. The van der Waals surface area contributed by atoms with E-state index in [9.17, 15) is 9.59 Å². The van der Waals surface area contributed by atoms with Gasteiger partial charge in [0.05, 0.1) is 6.61 Å². The van der Waals surface area contributed by atoms with Gasteiger partial charge in [-0.3, -0.25) is 4.79 Å². The molecular formula is C7H11NO4. The molecule has 1 fully saturated rings. The summed E-state index contributed by atoms with van der Waals surface area (Å²) in [7, 11) is 0. The van der Waals surface area contributed by atoms with E-state index in [4.69, 9.17) is 10.2 Å². The molecule has 1 aliphatic carbocycles. The molecule has 5 nitrogen and oxygen atoms in total. The van der Waals surface area contributed by atoms with Crippen molar-refractivity contribution in [3.8, 4) is 0 Å². The van der Waals surface area contributed by atoms with Crippen LogP contribution in [-0.4, -0.2) is 34.7 Å². The van der Waals surface area contributed by atoms with Crippen molar-refractivity contribution in [2.24, 2.45) is 5.92 Å². The van der Waals surface area contributed by atoms with Crippen molar-refractivity contribution >= 4 is 11.9 Å². The van der Waals surface area contributed by atoms with Crippen molar-refractivity contribution < 1.29 is 19.8 Å². The molecule has 0 aliphatic heterocycles. The second-order valence-corrected chi connectivity index (χ2v) is 2.86. The van der Waals surface area contributed by atoms with E-state index in [-0.39, 0.29) is 11.8 Å². The number of hydrogen-bond acceptors (Lipinski definition) is 3. The number of aliphatic hydroxyl groups is 1. The molecule has 1 saturated carbocycles. The van der Waals surface area contributed by atoms with Gasteiger partial charge in [-0.1, -0.05) is 0 Å². The summed E-state index contributed by atoms with van der Waals surface area (Å²) in [6, 6.07) is -1.15. The molecule has 0 saturated heterocycles. The lowest BCUT2D eigenvalue weighted by molar-refractivity contribution is -0.143. The monoisotopic (exact) mass is 173 g/mol. The zero-order chi connectivity index (χ0) is 9.14. The number of aliphatic hydroxyl groups excluding tert-OH is 1. The van der Waals surface area contributed by atoms with Gasteiger partial charge in [0.15, 0.2) is 0 Å². The topological polar surface area (TPSA) is 86.6 Å². The van der Waals surface area contributed by atoms with Gasteiger partial charge < -0.3 is 15.5 Å². The van der Waals surface area contributed by atoms with Crippen molar-refractivity contribution in [1.82, 2.24) is 5.32 Å². The first kappa shape index (κ1) is 8.99. The van der Waals surface area contributed by atoms with Crippen LogP contribution in [0.15, 0.2) is 0 Å². The van der Waals surface area contributed by atoms with Crippen LogP contribution in [0, 0.1) is 5.92 Å². The molecule has 0 spiro atoms. The van der Waals surface area contributed by atoms with Crippen molar-refractivity contribution in [2.45, 2.75) is 18.9 Å². The van der Waals surface area contributed by atoms with Gasteiger partial charge in [-0.05, 0) is 12.8 Å². The molecule has 1 amide bonds. The second kappa shape index (κ2) is 3.53. The van der Waals surface area contributed by atoms with E-state index in [2.05, 4.69) is 5.32 Å². The molecule has 5 heteroatoms. The third-order valence-corrected chi connectivity index (χ3v) is 1.75. The lowest BCUT2D eigenvalue weighted by Crippen LogP contribution is -2.43. The zero-order valence-electron chi connectivity index (χ0n) is 6.49. The lowest BCUT2D eigenvalue weighted by atomic mass is 10.3. The molecule has 0 heterocycles. The van der Waals surface area contributed by atoms with Gasteiger partial charge in [-0.15, -0.1) is 0 Å². The smallest absolute Gasteiger partial charge is 0.328 e. The van der Waals surface area contributed by atoms with Crippen LogP contribution in [0.1, 0.15) is 12.8 Å². The SMILES string of the molecule is O=C(NC(CO)C(=O)O)C1CC1. The molecule has 12 heavy (non-hydrogen) atoms. The molecular weight excluding hydrogens is 162 g/mol. The average Bonchev–Trinajstić information content (AvgIpc) is 2.80. The third-order valence-electron chi connectivity index (χ3n) is 1.75. The fraction of sp³-hybridized carbons (Fsp3) is 0.714. The summed E-state index contributed by atoms with van der Waals surface area (Å²) in [5.41, 5.74) is 0. The fourth-order valence-corrected chi connectivity index (χ4v) is 0.821. The van der Waals surface area contributed by atoms with Gasteiger partial charge >= 0.3 is 5.97 Å². The van der Waals surface area contributed by atoms with Crippen molar-refractivity contribution in [2.75, 3.05) is 6.61 Å². The van der Waals surface area contributed by atoms with E-state index in [0.29, 0.717) is 0 Å². The molecule has 3 N–H and O–H groups in total. The summed E-state index contributed by atoms with van der Waals surface area (Å²) >= 11 is 0. The fourth-order valence-electron chi connectivity index (χ4n) is 0.821. The molecule has 0 bridgehead atoms. The van der Waals surface area contributed by atoms with Crippen LogP contribution in [0.4, 0.5) is 0 Å². The van der Waals surface area contributed by atoms with E-state index < -0.39 is 18.6 Å². The summed E-state index contributed by atoms with van der Waals surface area (Å²) in [5.74, 6) is -1.50. The van der Waals surface area contributed by atoms with Crippen LogP contribution in [0.5, 0.6) is 0 Å². The van der Waals surface area contributed by atoms with E-state index in [1.54, 1.807) is 0 Å². The number of carboxylic acid groups (broad SMARTS) is 1. The Morgan fingerprint density at radius 3 is 2.42 bits per heavy atom. The number of carbonyl (C=O) groups excluding carboxylic acids is 1. The Labute approximate surface area is 69.4 Å². The summed E-state index contributed by atoms with van der Waals surface area (Å²) in [6.07, 6.45) is 1.65. The first-order chi connectivity index (χ1) is 5.65. The number of aliphatic carboxylic acids is 1. The Kier molecular flexibility index (Phi) is 2.65. The highest BCUT2D eigenvalue weighted by Gasteiger charge is 2.32. The second-order valence-electron chi connectivity index (χ2n) is 2.86. The average molecular weight is 173 g/mol. The number of hydrogen-bond donors (Lipinski definition) is 3. The van der Waals surface area contributed by atoms with Gasteiger partial charge in [0.25, 0.3) is 0 Å².